The van der Waals surface area contributed by atoms with Gasteiger partial charge in [0, 0.05) is 17.5 Å². The number of carbonyl (C=O) groups is 2. The first-order valence-corrected chi connectivity index (χ1v) is 10.4. The van der Waals surface area contributed by atoms with Gasteiger partial charge in [0.1, 0.15) is 11.3 Å². The number of nitrogens with zero attached hydrogens (tertiary/aromatic N) is 1. The maximum atomic E-state index is 12.7. The first-order valence-electron chi connectivity index (χ1n) is 9.55. The van der Waals surface area contributed by atoms with Crippen LogP contribution in [0, 0.1) is 0 Å². The number of aromatic nitrogens is 1. The quantitative estimate of drug-likeness (QED) is 0.534. The van der Waals surface area contributed by atoms with Gasteiger partial charge in [-0.1, -0.05) is 36.4 Å². The van der Waals surface area contributed by atoms with Crippen molar-refractivity contribution in [2.75, 3.05) is 0 Å². The number of hydrogen-bond donors (Lipinski definition) is 3. The molecule has 0 aliphatic carbocycles. The smallest absolute Gasteiger partial charge is 0.261 e. The van der Waals surface area contributed by atoms with Crippen molar-refractivity contribution in [3.63, 3.8) is 0 Å². The average Bonchev–Trinajstić information content (AvgIpc) is 3.30. The van der Waals surface area contributed by atoms with Crippen molar-refractivity contribution in [2.45, 2.75) is 25.4 Å². The van der Waals surface area contributed by atoms with Gasteiger partial charge in [0.2, 0.25) is 0 Å². The lowest BCUT2D eigenvalue weighted by Gasteiger charge is -2.24. The van der Waals surface area contributed by atoms with Gasteiger partial charge in [-0.25, -0.2) is 0 Å². The highest BCUT2D eigenvalue weighted by Gasteiger charge is 2.44. The van der Waals surface area contributed by atoms with Crippen LogP contribution in [0.15, 0.2) is 78.2 Å². The van der Waals surface area contributed by atoms with Crippen molar-refractivity contribution in [1.29, 1.82) is 0 Å². The van der Waals surface area contributed by atoms with E-state index in [2.05, 4.69) is 15.6 Å². The van der Waals surface area contributed by atoms with Crippen LogP contribution in [0.5, 0.6) is 0 Å². The fraction of sp³-hybridized carbons (Fsp3) is 0.174. The Hall–Kier alpha value is -3.45. The normalized spacial score (nSPS) is 18.4. The van der Waals surface area contributed by atoms with E-state index in [4.69, 9.17) is 0 Å². The van der Waals surface area contributed by atoms with Crippen LogP contribution in [-0.4, -0.2) is 27.4 Å². The van der Waals surface area contributed by atoms with E-state index in [9.17, 15) is 14.7 Å². The second-order valence-electron chi connectivity index (χ2n) is 7.34. The van der Waals surface area contributed by atoms with Crippen LogP contribution in [0.25, 0.3) is 10.6 Å². The summed E-state index contributed by atoms with van der Waals surface area (Å²) in [6.45, 7) is 1.97. The number of aliphatic hydroxyl groups excluding tert-OH is 1. The predicted octanol–water partition coefficient (Wildman–Crippen LogP) is 3.37. The molecule has 152 valence electrons. The summed E-state index contributed by atoms with van der Waals surface area (Å²) in [5.41, 5.74) is 0.580. The standard InChI is InChI=1S/C23H21N3O3S/c1-23(13-15-7-3-2-4-8-15)20(27)19(22(29)26-23)21(28)25-14-16-10-11-18(30-16)17-9-5-6-12-24-17/h2-12,27H,13-14H2,1H3,(H,25,28)(H,26,29). The highest BCUT2D eigenvalue weighted by molar-refractivity contribution is 7.15. The number of nitrogens with one attached hydrogen (secondary N) is 2. The lowest BCUT2D eigenvalue weighted by molar-refractivity contribution is -0.123. The molecule has 1 aliphatic heterocycles. The second kappa shape index (κ2) is 8.12. The van der Waals surface area contributed by atoms with Gasteiger partial charge < -0.3 is 15.7 Å². The Morgan fingerprint density at radius 2 is 1.90 bits per heavy atom. The first-order chi connectivity index (χ1) is 14.5. The number of amides is 2. The molecule has 6 nitrogen and oxygen atoms in total. The molecule has 2 amide bonds. The third-order valence-corrected chi connectivity index (χ3v) is 6.11. The zero-order chi connectivity index (χ0) is 21.1. The molecule has 0 fully saturated rings. The Labute approximate surface area is 178 Å². The number of carbonyl (C=O) groups excluding carboxylic acids is 2. The number of rotatable bonds is 6. The molecule has 1 aliphatic rings. The van der Waals surface area contributed by atoms with Gasteiger partial charge in [0.25, 0.3) is 11.8 Å². The predicted molar refractivity (Wildman–Crippen MR) is 116 cm³/mol. The summed E-state index contributed by atoms with van der Waals surface area (Å²) in [4.78, 5) is 31.3. The molecule has 0 radical (unpaired) electrons. The monoisotopic (exact) mass is 419 g/mol. The largest absolute Gasteiger partial charge is 0.509 e. The van der Waals surface area contributed by atoms with Gasteiger partial charge in [-0.15, -0.1) is 11.3 Å². The molecule has 0 saturated heterocycles. The van der Waals surface area contributed by atoms with E-state index < -0.39 is 17.4 Å². The zero-order valence-electron chi connectivity index (χ0n) is 16.4. The summed E-state index contributed by atoms with van der Waals surface area (Å²) in [5.74, 6) is -1.38. The molecule has 1 aromatic carbocycles. The van der Waals surface area contributed by atoms with E-state index in [0.29, 0.717) is 6.42 Å². The topological polar surface area (TPSA) is 91.3 Å². The summed E-state index contributed by atoms with van der Waals surface area (Å²) in [6.07, 6.45) is 2.12. The number of thiophene rings is 1. The Balaban J connectivity index is 1.46. The van der Waals surface area contributed by atoms with Crippen LogP contribution in [0.2, 0.25) is 0 Å². The molecule has 4 rings (SSSR count). The first kappa shape index (κ1) is 19.8. The molecule has 3 aromatic rings. The number of hydrogen-bond acceptors (Lipinski definition) is 5. The van der Waals surface area contributed by atoms with Gasteiger partial charge >= 0.3 is 0 Å². The van der Waals surface area contributed by atoms with E-state index >= 15 is 0 Å². The average molecular weight is 420 g/mol. The third kappa shape index (κ3) is 3.97. The van der Waals surface area contributed by atoms with Crippen molar-refractivity contribution in [3.05, 3.63) is 88.6 Å². The molecular weight excluding hydrogens is 398 g/mol. The number of benzene rings is 1. The molecule has 3 heterocycles. The van der Waals surface area contributed by atoms with Crippen LogP contribution in [-0.2, 0) is 22.6 Å². The number of aliphatic hydroxyl groups is 1. The van der Waals surface area contributed by atoms with Gasteiger partial charge in [0.05, 0.1) is 22.7 Å². The molecule has 1 unspecified atom stereocenters. The highest BCUT2D eigenvalue weighted by Crippen LogP contribution is 2.29. The van der Waals surface area contributed by atoms with E-state index in [-0.39, 0.29) is 17.9 Å². The lowest BCUT2D eigenvalue weighted by atomic mass is 9.91. The van der Waals surface area contributed by atoms with Crippen LogP contribution < -0.4 is 10.6 Å². The number of pyridine rings is 1. The molecule has 0 bridgehead atoms. The molecule has 3 N–H and O–H groups in total. The molecular formula is C23H21N3O3S. The fourth-order valence-electron chi connectivity index (χ4n) is 3.47. The van der Waals surface area contributed by atoms with Crippen molar-refractivity contribution in [1.82, 2.24) is 15.6 Å². The highest BCUT2D eigenvalue weighted by atomic mass is 32.1. The minimum Gasteiger partial charge on any atom is -0.509 e. The summed E-state index contributed by atoms with van der Waals surface area (Å²) in [5, 5.41) is 16.2. The Bertz CT molecular complexity index is 1110. The summed E-state index contributed by atoms with van der Waals surface area (Å²) in [7, 11) is 0. The van der Waals surface area contributed by atoms with Crippen molar-refractivity contribution in [3.8, 4) is 10.6 Å². The maximum absolute atomic E-state index is 12.7. The van der Waals surface area contributed by atoms with Gasteiger partial charge in [-0.3, -0.25) is 14.6 Å². The van der Waals surface area contributed by atoms with Gasteiger partial charge in [0.15, 0.2) is 0 Å². The van der Waals surface area contributed by atoms with Crippen molar-refractivity contribution >= 4 is 23.2 Å². The minimum atomic E-state index is -1.01. The van der Waals surface area contributed by atoms with Gasteiger partial charge in [-0.2, -0.15) is 0 Å². The van der Waals surface area contributed by atoms with E-state index in [0.717, 1.165) is 21.0 Å². The maximum Gasteiger partial charge on any atom is 0.261 e. The molecule has 0 spiro atoms. The van der Waals surface area contributed by atoms with Crippen LogP contribution in [0.4, 0.5) is 0 Å². The molecule has 2 aromatic heterocycles. The molecule has 1 atom stereocenters. The Morgan fingerprint density at radius 1 is 1.13 bits per heavy atom. The Morgan fingerprint density at radius 3 is 2.63 bits per heavy atom. The van der Waals surface area contributed by atoms with E-state index in [1.54, 1.807) is 13.1 Å². The summed E-state index contributed by atoms with van der Waals surface area (Å²) >= 11 is 1.52. The SMILES string of the molecule is CC1(Cc2ccccc2)NC(=O)C(C(=O)NCc2ccc(-c3ccccn3)s2)=C1O. The van der Waals surface area contributed by atoms with E-state index in [1.807, 2.05) is 60.7 Å². The second-order valence-corrected chi connectivity index (χ2v) is 8.50. The third-order valence-electron chi connectivity index (χ3n) is 5.01. The van der Waals surface area contributed by atoms with E-state index in [1.165, 1.54) is 11.3 Å². The van der Waals surface area contributed by atoms with Crippen LogP contribution >= 0.6 is 11.3 Å². The zero-order valence-corrected chi connectivity index (χ0v) is 17.2. The van der Waals surface area contributed by atoms with Gasteiger partial charge in [-0.05, 0) is 36.8 Å². The van der Waals surface area contributed by atoms with Crippen molar-refractivity contribution in [2.24, 2.45) is 0 Å². The molecule has 7 heteroatoms. The van der Waals surface area contributed by atoms with Crippen molar-refractivity contribution < 1.29 is 14.7 Å². The molecule has 0 saturated carbocycles. The Kier molecular flexibility index (Phi) is 5.37. The summed E-state index contributed by atoms with van der Waals surface area (Å²) in [6, 6.07) is 19.1. The van der Waals surface area contributed by atoms with Crippen LogP contribution in [0.3, 0.4) is 0 Å². The minimum absolute atomic E-state index is 0.227. The van der Waals surface area contributed by atoms with Crippen LogP contribution in [0.1, 0.15) is 17.4 Å². The lowest BCUT2D eigenvalue weighted by Crippen LogP contribution is -2.43. The molecule has 30 heavy (non-hydrogen) atoms. The summed E-state index contributed by atoms with van der Waals surface area (Å²) < 4.78 is 0. The fourth-order valence-corrected chi connectivity index (χ4v) is 4.40.